The van der Waals surface area contributed by atoms with E-state index in [1.54, 1.807) is 6.07 Å². The van der Waals surface area contributed by atoms with Crippen molar-refractivity contribution < 1.29 is 84.3 Å². The van der Waals surface area contributed by atoms with Crippen molar-refractivity contribution in [1.82, 2.24) is 13.7 Å². The summed E-state index contributed by atoms with van der Waals surface area (Å²) in [5.74, 6) is -4.13. The smallest absolute Gasteiger partial charge is 0.870 e. The second kappa shape index (κ2) is 33.7. The number of carbonyl (C=O) groups excluding carboxylic acids is 3. The standard InChI is InChI=1S/C13H10FNO3.C12H7ClFNO2.C12H8FNO3.C7H6O4.C6H6FN.Cl2OS.Li.H2O/c1-18-13(17)11-3-2-8-15(12(11)16)10-6-4-9(14)5-7-10;13-11(16)10-2-1-7-15(12(10)17)9-5-3-8(14)4-6-9;13-8-3-5-9(6-4-8)14-7-1-2-10(11(14)15)12(16)17;1-10-6(8)5-3-2-4-11-7(5)9;7-5-1-3-6(8)4-2-5;1-4(2)3;;/h2-8H,1H3;1-7H;1-7H,(H,16,17);2-4H,1H3;1-4H,8H2;;;1H2/q;;;;;;+1;/p-1. The van der Waals surface area contributed by atoms with Crippen LogP contribution in [0.3, 0.4) is 0 Å². The third-order valence-corrected chi connectivity index (χ3v) is 9.22. The molecular weight excluding hydrogens is 1100 g/mol. The number of anilines is 1. The van der Waals surface area contributed by atoms with Crippen LogP contribution >= 0.6 is 33.0 Å². The van der Waals surface area contributed by atoms with Gasteiger partial charge in [-0.25, -0.2) is 40.9 Å². The number of nitrogens with zero attached hydrogens (tertiary/aromatic N) is 3. The van der Waals surface area contributed by atoms with Gasteiger partial charge in [-0.15, -0.1) is 0 Å². The molecule has 0 amide bonds. The number of hydrogen-bond acceptors (Lipinski definition) is 14. The van der Waals surface area contributed by atoms with E-state index in [4.69, 9.17) is 26.7 Å². The molecule has 0 saturated heterocycles. The van der Waals surface area contributed by atoms with Crippen LogP contribution in [-0.2, 0) is 18.7 Å². The van der Waals surface area contributed by atoms with Crippen molar-refractivity contribution in [3.8, 4) is 17.1 Å². The van der Waals surface area contributed by atoms with Gasteiger partial charge < -0.3 is 30.2 Å². The number of nitrogen functional groups attached to an aromatic ring is 1. The maximum atomic E-state index is 12.8. The molecule has 0 unspecified atom stereocenters. The summed E-state index contributed by atoms with van der Waals surface area (Å²) in [7, 11) is 9.77. The van der Waals surface area contributed by atoms with E-state index in [-0.39, 0.29) is 52.4 Å². The first-order chi connectivity index (χ1) is 35.6. The van der Waals surface area contributed by atoms with Crippen LogP contribution in [0.4, 0.5) is 23.2 Å². The van der Waals surface area contributed by atoms with Crippen molar-refractivity contribution in [2.24, 2.45) is 0 Å². The Hall–Kier alpha value is -8.14. The number of hydrogen-bond donors (Lipinski definition) is 2. The van der Waals surface area contributed by atoms with E-state index in [2.05, 4.69) is 35.3 Å². The van der Waals surface area contributed by atoms with Gasteiger partial charge in [0.25, 0.3) is 21.9 Å². The summed E-state index contributed by atoms with van der Waals surface area (Å²) in [6, 6.07) is 33.0. The van der Waals surface area contributed by atoms with E-state index in [1.165, 1.54) is 188 Å². The molecule has 27 heteroatoms. The second-order valence-electron chi connectivity index (χ2n) is 13.8. The molecule has 0 atom stereocenters. The first kappa shape index (κ1) is 66.9. The summed E-state index contributed by atoms with van der Waals surface area (Å²) in [6.45, 7) is 0. The first-order valence-electron chi connectivity index (χ1n) is 20.5. The van der Waals surface area contributed by atoms with Crippen LogP contribution in [0.1, 0.15) is 41.4 Å². The number of ether oxygens (including phenoxy) is 2. The number of carbonyl (C=O) groups is 4. The Labute approximate surface area is 461 Å². The van der Waals surface area contributed by atoms with E-state index < -0.39 is 72.1 Å². The Morgan fingerprint density at radius 2 is 0.831 bits per heavy atom. The van der Waals surface area contributed by atoms with E-state index in [0.717, 1.165) is 4.57 Å². The molecule has 0 bridgehead atoms. The third-order valence-electron chi connectivity index (χ3n) is 9.02. The predicted octanol–water partition coefficient (Wildman–Crippen LogP) is 5.50. The van der Waals surface area contributed by atoms with Gasteiger partial charge in [0.15, 0.2) is 0 Å². The summed E-state index contributed by atoms with van der Waals surface area (Å²) >= 11 is 5.28. The van der Waals surface area contributed by atoms with Gasteiger partial charge in [0.05, 0.1) is 26.0 Å². The fourth-order valence-corrected chi connectivity index (χ4v) is 5.71. The predicted molar refractivity (Wildman–Crippen MR) is 273 cm³/mol. The molecule has 398 valence electrons. The molecule has 4 heterocycles. The average molecular weight is 1140 g/mol. The number of pyridine rings is 3. The minimum Gasteiger partial charge on any atom is -0.870 e. The van der Waals surface area contributed by atoms with Crippen molar-refractivity contribution in [3.63, 3.8) is 0 Å². The number of halogens is 7. The van der Waals surface area contributed by atoms with Gasteiger partial charge in [-0.2, -0.15) is 0 Å². The molecule has 4 N–H and O–H groups in total. The number of carboxylic acids is 1. The molecule has 0 radical (unpaired) electrons. The van der Waals surface area contributed by atoms with Crippen LogP contribution in [-0.4, -0.2) is 65.9 Å². The van der Waals surface area contributed by atoms with Gasteiger partial charge in [-0.1, -0.05) is 0 Å². The average Bonchev–Trinajstić information content (AvgIpc) is 3.38. The molecule has 0 aliphatic carbocycles. The number of benzene rings is 4. The normalized spacial score (nSPS) is 9.58. The Balaban J connectivity index is 0.000000480. The van der Waals surface area contributed by atoms with E-state index in [1.807, 2.05) is 0 Å². The third kappa shape index (κ3) is 21.6. The number of methoxy groups -OCH3 is 2. The molecule has 4 aromatic heterocycles. The van der Waals surface area contributed by atoms with Gasteiger partial charge in [-0.3, -0.25) is 32.9 Å². The first-order valence-corrected chi connectivity index (χ1v) is 23.6. The summed E-state index contributed by atoms with van der Waals surface area (Å²) in [5.41, 5.74) is 4.26. The SMILES string of the molecule is COC(=O)c1cccn(-c2ccc(F)cc2)c1=O.COC(=O)c1cccoc1=O.Nc1ccc(F)cc1.O=C(Cl)c1cccn(-c2ccc(F)cc2)c1=O.O=C(O)c1cccn(-c2ccc(F)cc2)c1=O.O=S(Cl)Cl.[Li+].[OH-]. The molecule has 0 saturated carbocycles. The molecule has 8 rings (SSSR count). The van der Waals surface area contributed by atoms with Crippen molar-refractivity contribution in [2.75, 3.05) is 20.0 Å². The van der Waals surface area contributed by atoms with Crippen LogP contribution in [0.15, 0.2) is 194 Å². The fourth-order valence-electron chi connectivity index (χ4n) is 5.57. The quantitative estimate of drug-likeness (QED) is 0.0656. The molecule has 77 heavy (non-hydrogen) atoms. The van der Waals surface area contributed by atoms with Gasteiger partial charge in [-0.05, 0) is 157 Å². The van der Waals surface area contributed by atoms with E-state index in [0.29, 0.717) is 22.7 Å². The molecule has 0 fully saturated rings. The fraction of sp³-hybridized carbons (Fsp3) is 0.0400. The van der Waals surface area contributed by atoms with E-state index in [9.17, 15) is 55.9 Å². The topological polar surface area (TPSA) is 276 Å². The number of aromatic nitrogens is 3. The number of carboxylic acid groups (broad SMARTS) is 1. The Morgan fingerprint density at radius 1 is 0.532 bits per heavy atom. The zero-order valence-electron chi connectivity index (χ0n) is 39.9. The van der Waals surface area contributed by atoms with Gasteiger partial charge in [0.1, 0.15) is 40.0 Å². The van der Waals surface area contributed by atoms with Crippen LogP contribution in [0.2, 0.25) is 0 Å². The van der Waals surface area contributed by atoms with Crippen molar-refractivity contribution >= 4 is 71.0 Å². The largest absolute Gasteiger partial charge is 1.00 e. The van der Waals surface area contributed by atoms with E-state index >= 15 is 0 Å². The van der Waals surface area contributed by atoms with Crippen LogP contribution in [0.25, 0.3) is 17.1 Å². The Bertz CT molecular complexity index is 3360. The molecule has 0 aliphatic heterocycles. The number of aromatic carboxylic acids is 1. The van der Waals surface area contributed by atoms with Crippen molar-refractivity contribution in [2.45, 2.75) is 0 Å². The summed E-state index contributed by atoms with van der Waals surface area (Å²) < 4.78 is 76.3. The van der Waals surface area contributed by atoms with Crippen molar-refractivity contribution in [3.05, 3.63) is 257 Å². The monoisotopic (exact) mass is 1140 g/mol. The van der Waals surface area contributed by atoms with Crippen molar-refractivity contribution in [1.29, 1.82) is 0 Å². The van der Waals surface area contributed by atoms with Gasteiger partial charge in [0.2, 0.25) is 9.23 Å². The molecular formula is C50H38Cl3F4LiN4O14S. The van der Waals surface area contributed by atoms with Crippen LogP contribution in [0, 0.1) is 23.3 Å². The summed E-state index contributed by atoms with van der Waals surface area (Å²) in [5, 5.41) is 7.99. The maximum Gasteiger partial charge on any atom is 1.00 e. The molecule has 18 nitrogen and oxygen atoms in total. The number of esters is 2. The minimum absolute atomic E-state index is 0. The zero-order valence-corrected chi connectivity index (χ0v) is 43.0. The second-order valence-corrected chi connectivity index (χ2v) is 16.7. The molecule has 0 spiro atoms. The van der Waals surface area contributed by atoms with Crippen LogP contribution in [0.5, 0.6) is 0 Å². The molecule has 8 aromatic rings. The zero-order chi connectivity index (χ0) is 55.8. The number of nitrogens with two attached hydrogens (primary N) is 1. The minimum atomic E-state index is -1.67. The summed E-state index contributed by atoms with van der Waals surface area (Å²) in [6.07, 6.45) is 5.62. The van der Waals surface area contributed by atoms with Gasteiger partial charge in [0, 0.05) is 62.7 Å². The molecule has 0 aliphatic rings. The maximum absolute atomic E-state index is 12.8. The summed E-state index contributed by atoms with van der Waals surface area (Å²) in [4.78, 5) is 90.3. The number of rotatable bonds is 7. The van der Waals surface area contributed by atoms with Gasteiger partial charge >= 0.3 is 42.4 Å². The Kier molecular flexibility index (Phi) is 29.3. The molecule has 4 aromatic carbocycles. The Morgan fingerprint density at radius 3 is 1.16 bits per heavy atom. The van der Waals surface area contributed by atoms with Crippen LogP contribution < -0.4 is 46.9 Å².